The standard InChI is InChI=1S/C21H25ClN4O7/c1-9-12(22)5-14-15(16(9)28)11(6-26(14)4)18-25-21(3,8-33-18)20(32)23-10(2)17(29)24-13(7-27)19(30)31/h5-6,10,13,27-28H,7-8H2,1-4H3,(H,23,32)(H,24,29)(H,30,31)/t10-,13+,21+/m1/s1. The second kappa shape index (κ2) is 8.91. The molecule has 3 rings (SSSR count). The number of halogens is 1. The number of benzene rings is 1. The lowest BCUT2D eigenvalue weighted by molar-refractivity contribution is -0.143. The number of fused-ring (bicyclic) bond motifs is 1. The fourth-order valence-electron chi connectivity index (χ4n) is 3.41. The van der Waals surface area contributed by atoms with Crippen LogP contribution in [-0.2, 0) is 26.2 Å². The molecule has 33 heavy (non-hydrogen) atoms. The Balaban J connectivity index is 1.83. The fraction of sp³-hybridized carbons (Fsp3) is 0.429. The summed E-state index contributed by atoms with van der Waals surface area (Å²) in [7, 11) is 1.77. The van der Waals surface area contributed by atoms with Crippen LogP contribution in [0.25, 0.3) is 10.9 Å². The average molecular weight is 481 g/mol. The van der Waals surface area contributed by atoms with Gasteiger partial charge in [-0.25, -0.2) is 9.79 Å². The lowest BCUT2D eigenvalue weighted by Crippen LogP contribution is -2.55. The Kier molecular flexibility index (Phi) is 6.57. The normalized spacial score (nSPS) is 19.5. The van der Waals surface area contributed by atoms with Crippen molar-refractivity contribution in [1.82, 2.24) is 15.2 Å². The SMILES string of the molecule is Cc1c(Cl)cc2c(c(C3=N[C@](C)(C(=O)N[C@H](C)C(=O)N[C@@H](CO)C(=O)O)CO3)cn2C)c1O. The predicted molar refractivity (Wildman–Crippen MR) is 119 cm³/mol. The van der Waals surface area contributed by atoms with Gasteiger partial charge in [-0.05, 0) is 26.8 Å². The van der Waals surface area contributed by atoms with Gasteiger partial charge >= 0.3 is 5.97 Å². The highest BCUT2D eigenvalue weighted by Crippen LogP contribution is 2.38. The highest BCUT2D eigenvalue weighted by molar-refractivity contribution is 6.32. The molecule has 0 saturated carbocycles. The van der Waals surface area contributed by atoms with Gasteiger partial charge in [-0.15, -0.1) is 0 Å². The number of aliphatic imine (C=N–C) groups is 1. The number of aliphatic hydroxyl groups is 1. The van der Waals surface area contributed by atoms with Crippen molar-refractivity contribution in [3.05, 3.63) is 28.4 Å². The van der Waals surface area contributed by atoms with E-state index in [2.05, 4.69) is 15.6 Å². The Morgan fingerprint density at radius 2 is 2.03 bits per heavy atom. The summed E-state index contributed by atoms with van der Waals surface area (Å²) < 4.78 is 7.45. The van der Waals surface area contributed by atoms with Crippen molar-refractivity contribution < 1.29 is 34.4 Å². The number of aryl methyl sites for hydroxylation is 1. The molecule has 1 aromatic carbocycles. The zero-order valence-electron chi connectivity index (χ0n) is 18.5. The Hall–Kier alpha value is -3.31. The molecule has 0 bridgehead atoms. The van der Waals surface area contributed by atoms with Crippen LogP contribution < -0.4 is 10.6 Å². The van der Waals surface area contributed by atoms with E-state index in [1.807, 2.05) is 0 Å². The molecule has 0 spiro atoms. The maximum Gasteiger partial charge on any atom is 0.328 e. The van der Waals surface area contributed by atoms with Gasteiger partial charge < -0.3 is 35.3 Å². The Morgan fingerprint density at radius 3 is 2.64 bits per heavy atom. The minimum atomic E-state index is -1.48. The molecule has 2 aromatic rings. The molecule has 0 unspecified atom stereocenters. The number of amides is 2. The zero-order chi connectivity index (χ0) is 24.7. The third-order valence-electron chi connectivity index (χ3n) is 5.54. The van der Waals surface area contributed by atoms with Crippen LogP contribution in [0, 0.1) is 6.92 Å². The molecule has 1 aromatic heterocycles. The van der Waals surface area contributed by atoms with E-state index in [1.54, 1.807) is 30.8 Å². The number of ether oxygens (including phenoxy) is 1. The summed E-state index contributed by atoms with van der Waals surface area (Å²) in [6.45, 7) is 3.69. The molecule has 11 nitrogen and oxygen atoms in total. The van der Waals surface area contributed by atoms with Gasteiger partial charge in [0.2, 0.25) is 11.8 Å². The van der Waals surface area contributed by atoms with Crippen LogP contribution in [0.1, 0.15) is 25.0 Å². The Bertz CT molecular complexity index is 1180. The number of carboxylic acids is 1. The number of hydrogen-bond acceptors (Lipinski definition) is 7. The fourth-order valence-corrected chi connectivity index (χ4v) is 3.60. The minimum Gasteiger partial charge on any atom is -0.507 e. The average Bonchev–Trinajstić information content (AvgIpc) is 3.31. The number of nitrogens with one attached hydrogen (secondary N) is 2. The van der Waals surface area contributed by atoms with Crippen LogP contribution in [-0.4, -0.2) is 74.4 Å². The van der Waals surface area contributed by atoms with Gasteiger partial charge in [-0.2, -0.15) is 0 Å². The number of carbonyl (C=O) groups excluding carboxylic acids is 2. The molecule has 1 aliphatic rings. The highest BCUT2D eigenvalue weighted by Gasteiger charge is 2.41. The molecular formula is C21H25ClN4O7. The van der Waals surface area contributed by atoms with Crippen molar-refractivity contribution in [2.24, 2.45) is 12.0 Å². The second-order valence-electron chi connectivity index (χ2n) is 8.14. The molecule has 0 radical (unpaired) electrons. The van der Waals surface area contributed by atoms with Crippen molar-refractivity contribution >= 4 is 46.2 Å². The quantitative estimate of drug-likeness (QED) is 0.384. The maximum absolute atomic E-state index is 12.9. The van der Waals surface area contributed by atoms with Crippen LogP contribution in [0.5, 0.6) is 5.75 Å². The highest BCUT2D eigenvalue weighted by atomic mass is 35.5. The topological polar surface area (TPSA) is 162 Å². The van der Waals surface area contributed by atoms with Gasteiger partial charge in [0.25, 0.3) is 5.91 Å². The number of nitrogens with zero attached hydrogens (tertiary/aromatic N) is 2. The molecule has 2 heterocycles. The van der Waals surface area contributed by atoms with Crippen LogP contribution in [0.3, 0.4) is 0 Å². The van der Waals surface area contributed by atoms with E-state index in [0.717, 1.165) is 0 Å². The minimum absolute atomic E-state index is 0.0142. The number of aromatic hydroxyl groups is 1. The second-order valence-corrected chi connectivity index (χ2v) is 8.54. The molecule has 12 heteroatoms. The first-order valence-electron chi connectivity index (χ1n) is 10.0. The largest absolute Gasteiger partial charge is 0.507 e. The molecule has 3 atom stereocenters. The van der Waals surface area contributed by atoms with Gasteiger partial charge in [0.15, 0.2) is 5.54 Å². The van der Waals surface area contributed by atoms with Crippen molar-refractivity contribution in [1.29, 1.82) is 0 Å². The molecule has 178 valence electrons. The molecule has 2 amide bonds. The van der Waals surface area contributed by atoms with Crippen molar-refractivity contribution in [3.63, 3.8) is 0 Å². The van der Waals surface area contributed by atoms with Crippen LogP contribution in [0.2, 0.25) is 5.02 Å². The lowest BCUT2D eigenvalue weighted by atomic mass is 10.0. The summed E-state index contributed by atoms with van der Waals surface area (Å²) in [6.07, 6.45) is 1.71. The number of rotatable bonds is 7. The van der Waals surface area contributed by atoms with E-state index >= 15 is 0 Å². The smallest absolute Gasteiger partial charge is 0.328 e. The van der Waals surface area contributed by atoms with E-state index in [9.17, 15) is 19.5 Å². The van der Waals surface area contributed by atoms with Gasteiger partial charge in [-0.1, -0.05) is 11.6 Å². The number of aliphatic carboxylic acids is 1. The molecule has 0 aliphatic carbocycles. The van der Waals surface area contributed by atoms with E-state index in [4.69, 9.17) is 26.6 Å². The molecular weight excluding hydrogens is 456 g/mol. The van der Waals surface area contributed by atoms with Crippen LogP contribution in [0.4, 0.5) is 0 Å². The monoisotopic (exact) mass is 480 g/mol. The summed E-state index contributed by atoms with van der Waals surface area (Å²) in [6, 6.07) is -0.857. The Morgan fingerprint density at radius 1 is 1.36 bits per heavy atom. The van der Waals surface area contributed by atoms with Crippen LogP contribution >= 0.6 is 11.6 Å². The van der Waals surface area contributed by atoms with Gasteiger partial charge in [-0.3, -0.25) is 9.59 Å². The maximum atomic E-state index is 12.9. The number of aliphatic hydroxyl groups excluding tert-OH is 1. The first-order valence-corrected chi connectivity index (χ1v) is 10.4. The van der Waals surface area contributed by atoms with Gasteiger partial charge in [0.1, 0.15) is 24.4 Å². The number of carboxylic acid groups (broad SMARTS) is 1. The van der Waals surface area contributed by atoms with Crippen molar-refractivity contribution in [3.8, 4) is 5.75 Å². The summed E-state index contributed by atoms with van der Waals surface area (Å²) in [4.78, 5) is 40.5. The molecule has 5 N–H and O–H groups in total. The zero-order valence-corrected chi connectivity index (χ0v) is 19.2. The lowest BCUT2D eigenvalue weighted by Gasteiger charge is -2.22. The number of hydrogen-bond donors (Lipinski definition) is 5. The van der Waals surface area contributed by atoms with Crippen molar-refractivity contribution in [2.45, 2.75) is 38.4 Å². The van der Waals surface area contributed by atoms with E-state index < -0.39 is 42.0 Å². The molecule has 0 fully saturated rings. The number of aromatic nitrogens is 1. The third kappa shape index (κ3) is 4.46. The molecule has 0 saturated heterocycles. The summed E-state index contributed by atoms with van der Waals surface area (Å²) in [5.41, 5.74) is 0.272. The third-order valence-corrected chi connectivity index (χ3v) is 5.93. The summed E-state index contributed by atoms with van der Waals surface area (Å²) >= 11 is 6.19. The summed E-state index contributed by atoms with van der Waals surface area (Å²) in [5.74, 6) is -2.65. The molecule has 1 aliphatic heterocycles. The first kappa shape index (κ1) is 24.3. The number of phenolic OH excluding ortho intramolecular Hbond substituents is 1. The van der Waals surface area contributed by atoms with E-state index in [1.165, 1.54) is 13.8 Å². The van der Waals surface area contributed by atoms with Gasteiger partial charge in [0.05, 0.1) is 23.1 Å². The number of phenols is 1. The van der Waals surface area contributed by atoms with Crippen molar-refractivity contribution in [2.75, 3.05) is 13.2 Å². The number of carbonyl (C=O) groups is 3. The first-order chi connectivity index (χ1) is 15.4. The van der Waals surface area contributed by atoms with E-state index in [0.29, 0.717) is 27.1 Å². The van der Waals surface area contributed by atoms with Crippen LogP contribution in [0.15, 0.2) is 17.3 Å². The Labute approximate surface area is 194 Å². The summed E-state index contributed by atoms with van der Waals surface area (Å²) in [5, 5.41) is 34.2. The van der Waals surface area contributed by atoms with Gasteiger partial charge in [0, 0.05) is 23.8 Å². The predicted octanol–water partition coefficient (Wildman–Crippen LogP) is 0.448. The van der Waals surface area contributed by atoms with E-state index in [-0.39, 0.29) is 18.3 Å².